The quantitative estimate of drug-likeness (QED) is 0.684. The van der Waals surface area contributed by atoms with Gasteiger partial charge in [0.05, 0.1) is 29.1 Å². The van der Waals surface area contributed by atoms with Gasteiger partial charge in [-0.15, -0.1) is 0 Å². The summed E-state index contributed by atoms with van der Waals surface area (Å²) in [5.74, 6) is 0.167. The van der Waals surface area contributed by atoms with Crippen molar-refractivity contribution in [3.05, 3.63) is 48.3 Å². The van der Waals surface area contributed by atoms with Crippen LogP contribution in [0.4, 0.5) is 0 Å². The summed E-state index contributed by atoms with van der Waals surface area (Å²) in [6, 6.07) is 10.1. The Morgan fingerprint density at radius 1 is 1.22 bits per heavy atom. The van der Waals surface area contributed by atoms with E-state index < -0.39 is 10.0 Å². The van der Waals surface area contributed by atoms with Crippen molar-refractivity contribution < 1.29 is 18.3 Å². The van der Waals surface area contributed by atoms with E-state index in [1.54, 1.807) is 28.8 Å². The lowest BCUT2D eigenvalue weighted by Crippen LogP contribution is -2.26. The van der Waals surface area contributed by atoms with E-state index in [4.69, 9.17) is 5.11 Å². The Labute approximate surface area is 157 Å². The van der Waals surface area contributed by atoms with Crippen LogP contribution in [0, 0.1) is 6.92 Å². The van der Waals surface area contributed by atoms with Crippen molar-refractivity contribution in [1.82, 2.24) is 19.3 Å². The predicted molar refractivity (Wildman–Crippen MR) is 102 cm³/mol. The van der Waals surface area contributed by atoms with E-state index >= 15 is 0 Å². The number of carbonyl (C=O) groups is 1. The number of nitrogens with zero attached hydrogens (tertiary/aromatic N) is 3. The molecule has 0 aliphatic carbocycles. The summed E-state index contributed by atoms with van der Waals surface area (Å²) < 4.78 is 28.3. The first-order valence-corrected chi connectivity index (χ1v) is 9.72. The Morgan fingerprint density at radius 2 is 1.93 bits per heavy atom. The Kier molecular flexibility index (Phi) is 6.78. The molecule has 2 heterocycles. The van der Waals surface area contributed by atoms with Crippen LogP contribution < -0.4 is 4.72 Å². The molecule has 9 heteroatoms. The molecule has 0 aliphatic rings. The van der Waals surface area contributed by atoms with Gasteiger partial charge in [0, 0.05) is 12.1 Å². The van der Waals surface area contributed by atoms with E-state index in [1.807, 2.05) is 19.2 Å². The van der Waals surface area contributed by atoms with E-state index in [0.717, 1.165) is 11.3 Å². The number of carbonyl (C=O) groups excluding carboxylic acids is 1. The fourth-order valence-corrected chi connectivity index (χ4v) is 3.31. The van der Waals surface area contributed by atoms with Crippen LogP contribution in [0.3, 0.4) is 0 Å². The summed E-state index contributed by atoms with van der Waals surface area (Å²) in [7, 11) is -3.65. The van der Waals surface area contributed by atoms with Crippen molar-refractivity contribution in [2.45, 2.75) is 25.7 Å². The van der Waals surface area contributed by atoms with Gasteiger partial charge in [0.25, 0.3) is 0 Å². The molecule has 8 nitrogen and oxygen atoms in total. The zero-order valence-electron chi connectivity index (χ0n) is 15.4. The lowest BCUT2D eigenvalue weighted by molar-refractivity contribution is -0.114. The highest BCUT2D eigenvalue weighted by Gasteiger charge is 2.14. The molecule has 0 aliphatic heterocycles. The number of aliphatic hydroxyl groups is 1. The molecule has 144 valence electrons. The summed E-state index contributed by atoms with van der Waals surface area (Å²) in [5.41, 5.74) is 2.93. The second kappa shape index (κ2) is 8.85. The van der Waals surface area contributed by atoms with Crippen molar-refractivity contribution >= 4 is 21.5 Å². The molecular weight excluding hydrogens is 368 g/mol. The summed E-state index contributed by atoms with van der Waals surface area (Å²) in [6.45, 7) is 4.66. The van der Waals surface area contributed by atoms with E-state index in [0.29, 0.717) is 11.3 Å². The van der Waals surface area contributed by atoms with Gasteiger partial charge in [-0.2, -0.15) is 5.10 Å². The van der Waals surface area contributed by atoms with Crippen molar-refractivity contribution in [2.75, 3.05) is 13.2 Å². The second-order valence-corrected chi connectivity index (χ2v) is 7.73. The SMILES string of the molecule is CC(C)=O.Cc1cn2nc(-c3cccc(S(=O)(=O)NCCO)c3)ccc2n1. The number of nitrogens with one attached hydrogen (secondary N) is 1. The number of hydrogen-bond donors (Lipinski definition) is 2. The van der Waals surface area contributed by atoms with Crippen molar-refractivity contribution in [3.63, 3.8) is 0 Å². The minimum atomic E-state index is -3.65. The zero-order valence-corrected chi connectivity index (χ0v) is 16.2. The van der Waals surface area contributed by atoms with Gasteiger partial charge in [-0.25, -0.2) is 22.6 Å². The van der Waals surface area contributed by atoms with Gasteiger partial charge < -0.3 is 9.90 Å². The molecule has 2 aromatic heterocycles. The van der Waals surface area contributed by atoms with Crippen LogP contribution in [-0.2, 0) is 14.8 Å². The van der Waals surface area contributed by atoms with E-state index in [9.17, 15) is 13.2 Å². The molecule has 0 unspecified atom stereocenters. The van der Waals surface area contributed by atoms with Crippen molar-refractivity contribution in [1.29, 1.82) is 0 Å². The number of hydrogen-bond acceptors (Lipinski definition) is 6. The average Bonchev–Trinajstić information content (AvgIpc) is 2.99. The molecule has 3 aromatic rings. The van der Waals surface area contributed by atoms with Crippen LogP contribution >= 0.6 is 0 Å². The van der Waals surface area contributed by atoms with Gasteiger partial charge in [-0.3, -0.25) is 0 Å². The predicted octanol–water partition coefficient (Wildman–Crippen LogP) is 1.57. The molecule has 0 saturated heterocycles. The standard InChI is InChI=1S/C15H16N4O3S.C3H6O/c1-11-10-19-15(17-11)6-5-14(18-19)12-3-2-4-13(9-12)23(21,22)16-7-8-20;1-3(2)4/h2-6,9-10,16,20H,7-8H2,1H3;1-2H3. The maximum absolute atomic E-state index is 12.1. The minimum Gasteiger partial charge on any atom is -0.395 e. The molecule has 0 amide bonds. The van der Waals surface area contributed by atoms with Gasteiger partial charge in [0.15, 0.2) is 5.65 Å². The fraction of sp³-hybridized carbons (Fsp3) is 0.278. The van der Waals surface area contributed by atoms with Gasteiger partial charge in [-0.05, 0) is 45.0 Å². The largest absolute Gasteiger partial charge is 0.395 e. The molecule has 0 spiro atoms. The normalized spacial score (nSPS) is 11.1. The molecule has 0 saturated carbocycles. The Hall–Kier alpha value is -2.62. The molecule has 27 heavy (non-hydrogen) atoms. The number of sulfonamides is 1. The number of ketones is 1. The van der Waals surface area contributed by atoms with Crippen molar-refractivity contribution in [3.8, 4) is 11.3 Å². The van der Waals surface area contributed by atoms with E-state index in [-0.39, 0.29) is 23.8 Å². The maximum atomic E-state index is 12.1. The summed E-state index contributed by atoms with van der Waals surface area (Å²) in [4.78, 5) is 13.9. The number of rotatable bonds is 5. The smallest absolute Gasteiger partial charge is 0.240 e. The third-order valence-corrected chi connectivity index (χ3v) is 4.74. The number of imidazole rings is 1. The number of aromatic nitrogens is 3. The minimum absolute atomic E-state index is 0.0227. The monoisotopic (exact) mass is 390 g/mol. The number of fused-ring (bicyclic) bond motifs is 1. The van der Waals surface area contributed by atoms with Crippen LogP contribution in [0.5, 0.6) is 0 Å². The third kappa shape index (κ3) is 5.68. The molecular formula is C18H22N4O4S. The molecule has 0 atom stereocenters. The summed E-state index contributed by atoms with van der Waals surface area (Å²) in [5, 5.41) is 13.2. The van der Waals surface area contributed by atoms with Gasteiger partial charge >= 0.3 is 0 Å². The first-order chi connectivity index (χ1) is 12.7. The van der Waals surface area contributed by atoms with Crippen LogP contribution in [-0.4, -0.2) is 47.1 Å². The van der Waals surface area contributed by atoms with Gasteiger partial charge in [0.1, 0.15) is 5.78 Å². The molecule has 2 N–H and O–H groups in total. The number of Topliss-reactive ketones (excluding diaryl/α,β-unsaturated/α-hetero) is 1. The molecule has 1 aromatic carbocycles. The molecule has 0 bridgehead atoms. The van der Waals surface area contributed by atoms with Gasteiger partial charge in [-0.1, -0.05) is 12.1 Å². The summed E-state index contributed by atoms with van der Waals surface area (Å²) in [6.07, 6.45) is 1.81. The Morgan fingerprint density at radius 3 is 2.59 bits per heavy atom. The Balaban J connectivity index is 0.000000596. The van der Waals surface area contributed by atoms with Crippen LogP contribution in [0.1, 0.15) is 19.5 Å². The highest BCUT2D eigenvalue weighted by molar-refractivity contribution is 7.89. The van der Waals surface area contributed by atoms with E-state index in [2.05, 4.69) is 14.8 Å². The average molecular weight is 390 g/mol. The third-order valence-electron chi connectivity index (χ3n) is 3.28. The highest BCUT2D eigenvalue weighted by atomic mass is 32.2. The topological polar surface area (TPSA) is 114 Å². The number of aryl methyl sites for hydroxylation is 1. The van der Waals surface area contributed by atoms with Crippen LogP contribution in [0.25, 0.3) is 16.9 Å². The van der Waals surface area contributed by atoms with E-state index in [1.165, 1.54) is 19.9 Å². The molecule has 0 fully saturated rings. The van der Waals surface area contributed by atoms with Crippen LogP contribution in [0.15, 0.2) is 47.5 Å². The van der Waals surface area contributed by atoms with Crippen molar-refractivity contribution in [2.24, 2.45) is 0 Å². The summed E-state index contributed by atoms with van der Waals surface area (Å²) >= 11 is 0. The maximum Gasteiger partial charge on any atom is 0.240 e. The Bertz CT molecular complexity index is 1040. The first-order valence-electron chi connectivity index (χ1n) is 8.24. The number of benzene rings is 1. The second-order valence-electron chi connectivity index (χ2n) is 5.96. The molecule has 0 radical (unpaired) electrons. The molecule has 3 rings (SSSR count). The number of aliphatic hydroxyl groups excluding tert-OH is 1. The van der Waals surface area contributed by atoms with Crippen LogP contribution in [0.2, 0.25) is 0 Å². The zero-order chi connectivity index (χ0) is 20.0. The lowest BCUT2D eigenvalue weighted by atomic mass is 10.1. The fourth-order valence-electron chi connectivity index (χ4n) is 2.24. The van der Waals surface area contributed by atoms with Gasteiger partial charge in [0.2, 0.25) is 10.0 Å². The first kappa shape index (κ1) is 20.7. The highest BCUT2D eigenvalue weighted by Crippen LogP contribution is 2.21. The lowest BCUT2D eigenvalue weighted by Gasteiger charge is -2.07.